The Morgan fingerprint density at radius 3 is 2.48 bits per heavy atom. The van der Waals surface area contributed by atoms with Gasteiger partial charge in [-0.2, -0.15) is 13.2 Å². The molecule has 0 bridgehead atoms. The molecule has 1 aromatic rings. The van der Waals surface area contributed by atoms with Gasteiger partial charge < -0.3 is 15.0 Å². The van der Waals surface area contributed by atoms with Crippen molar-refractivity contribution in [2.45, 2.75) is 19.0 Å². The predicted molar refractivity (Wildman–Crippen MR) is 88.1 cm³/mol. The number of hydrogen-bond acceptors (Lipinski definition) is 6. The van der Waals surface area contributed by atoms with Crippen LogP contribution < -0.4 is 10.2 Å². The Kier molecular flexibility index (Phi) is 6.24. The van der Waals surface area contributed by atoms with E-state index in [0.717, 1.165) is 12.1 Å². The Hall–Kier alpha value is -2.85. The Bertz CT molecular complexity index is 731. The molecule has 27 heavy (non-hydrogen) atoms. The van der Waals surface area contributed by atoms with Gasteiger partial charge in [-0.15, -0.1) is 0 Å². The number of hydrogen-bond donors (Lipinski definition) is 1. The zero-order valence-electron chi connectivity index (χ0n) is 14.4. The van der Waals surface area contributed by atoms with E-state index in [0.29, 0.717) is 18.9 Å². The second-order valence-corrected chi connectivity index (χ2v) is 6.01. The summed E-state index contributed by atoms with van der Waals surface area (Å²) >= 11 is 0. The molecule has 0 spiro atoms. The van der Waals surface area contributed by atoms with E-state index in [4.69, 9.17) is 0 Å². The van der Waals surface area contributed by atoms with Crippen LogP contribution in [0.2, 0.25) is 0 Å². The Morgan fingerprint density at radius 2 is 1.96 bits per heavy atom. The van der Waals surface area contributed by atoms with E-state index in [1.54, 1.807) is 4.90 Å². The third kappa shape index (κ3) is 5.08. The van der Waals surface area contributed by atoms with E-state index in [-0.39, 0.29) is 37.1 Å². The maximum absolute atomic E-state index is 12.8. The minimum absolute atomic E-state index is 0.0846. The number of nitrogens with zero attached hydrogens (tertiary/aromatic N) is 2. The van der Waals surface area contributed by atoms with Crippen LogP contribution in [0.5, 0.6) is 0 Å². The van der Waals surface area contributed by atoms with Gasteiger partial charge in [0.15, 0.2) is 0 Å². The molecule has 1 fully saturated rings. The molecule has 0 radical (unpaired) electrons. The average Bonchev–Trinajstić information content (AvgIpc) is 2.64. The highest BCUT2D eigenvalue weighted by Crippen LogP contribution is 2.37. The Balaban J connectivity index is 2.06. The van der Waals surface area contributed by atoms with Gasteiger partial charge in [-0.05, 0) is 25.0 Å². The summed E-state index contributed by atoms with van der Waals surface area (Å²) in [7, 11) is 1.20. The van der Waals surface area contributed by atoms with E-state index in [9.17, 15) is 32.9 Å². The number of nitro benzene ring substituents is 1. The number of esters is 1. The first-order valence-electron chi connectivity index (χ1n) is 8.08. The van der Waals surface area contributed by atoms with Crippen molar-refractivity contribution < 1.29 is 32.4 Å². The van der Waals surface area contributed by atoms with Gasteiger partial charge in [0.25, 0.3) is 5.69 Å². The van der Waals surface area contributed by atoms with Crippen LogP contribution in [0.15, 0.2) is 18.2 Å². The highest BCUT2D eigenvalue weighted by atomic mass is 19.4. The first-order valence-corrected chi connectivity index (χ1v) is 8.08. The second-order valence-electron chi connectivity index (χ2n) is 6.01. The molecule has 0 aliphatic carbocycles. The molecule has 1 heterocycles. The minimum atomic E-state index is -4.67. The zero-order chi connectivity index (χ0) is 20.2. The van der Waals surface area contributed by atoms with Crippen LogP contribution >= 0.6 is 0 Å². The van der Waals surface area contributed by atoms with E-state index in [2.05, 4.69) is 10.1 Å². The third-order valence-corrected chi connectivity index (χ3v) is 4.34. The molecular formula is C16H18F3N3O5. The molecule has 1 saturated heterocycles. The normalized spacial score (nSPS) is 15.3. The largest absolute Gasteiger partial charge is 0.468 e. The van der Waals surface area contributed by atoms with Gasteiger partial charge in [0, 0.05) is 25.1 Å². The van der Waals surface area contributed by atoms with E-state index in [1.807, 2.05) is 0 Å². The molecule has 1 aliphatic heterocycles. The zero-order valence-corrected chi connectivity index (χ0v) is 14.4. The lowest BCUT2D eigenvalue weighted by molar-refractivity contribution is -0.384. The number of methoxy groups -OCH3 is 1. The van der Waals surface area contributed by atoms with Crippen LogP contribution in [-0.4, -0.2) is 43.5 Å². The number of nitro groups is 1. The van der Waals surface area contributed by atoms with Crippen molar-refractivity contribution in [1.82, 2.24) is 5.32 Å². The van der Waals surface area contributed by atoms with E-state index < -0.39 is 28.3 Å². The van der Waals surface area contributed by atoms with Crippen molar-refractivity contribution >= 4 is 23.3 Å². The van der Waals surface area contributed by atoms with Crippen molar-refractivity contribution in [2.75, 3.05) is 31.6 Å². The van der Waals surface area contributed by atoms with Gasteiger partial charge in [0.1, 0.15) is 12.2 Å². The van der Waals surface area contributed by atoms with E-state index >= 15 is 0 Å². The SMILES string of the molecule is COC(=O)CNC(=O)C1CCN(c2ccc(C(F)(F)F)cc2[N+](=O)[O-])CC1. The number of anilines is 1. The monoisotopic (exact) mass is 389 g/mol. The van der Waals surface area contributed by atoms with Gasteiger partial charge in [-0.3, -0.25) is 19.7 Å². The maximum Gasteiger partial charge on any atom is 0.416 e. The molecule has 1 N–H and O–H groups in total. The number of alkyl halides is 3. The minimum Gasteiger partial charge on any atom is -0.468 e. The van der Waals surface area contributed by atoms with Crippen molar-refractivity contribution in [1.29, 1.82) is 0 Å². The summed E-state index contributed by atoms with van der Waals surface area (Å²) in [5.74, 6) is -1.30. The fourth-order valence-electron chi connectivity index (χ4n) is 2.87. The summed E-state index contributed by atoms with van der Waals surface area (Å²) in [4.78, 5) is 35.0. The van der Waals surface area contributed by atoms with Crippen LogP contribution in [0.4, 0.5) is 24.5 Å². The van der Waals surface area contributed by atoms with Crippen LogP contribution in [0.1, 0.15) is 18.4 Å². The number of piperidine rings is 1. The quantitative estimate of drug-likeness (QED) is 0.470. The number of carbonyl (C=O) groups is 2. The Morgan fingerprint density at radius 1 is 1.33 bits per heavy atom. The van der Waals surface area contributed by atoms with E-state index in [1.165, 1.54) is 7.11 Å². The maximum atomic E-state index is 12.8. The number of halogens is 3. The fourth-order valence-corrected chi connectivity index (χ4v) is 2.87. The van der Waals surface area contributed by atoms with Crippen molar-refractivity contribution in [3.63, 3.8) is 0 Å². The van der Waals surface area contributed by atoms with Crippen molar-refractivity contribution in [2.24, 2.45) is 5.92 Å². The summed E-state index contributed by atoms with van der Waals surface area (Å²) in [6.07, 6.45) is -3.97. The van der Waals surface area contributed by atoms with Gasteiger partial charge in [-0.1, -0.05) is 0 Å². The molecule has 11 heteroatoms. The standard InChI is InChI=1S/C16H18F3N3O5/c1-27-14(23)9-20-15(24)10-4-6-21(7-5-10)12-3-2-11(16(17,18)19)8-13(12)22(25)26/h2-3,8,10H,4-7,9H2,1H3,(H,20,24). The topological polar surface area (TPSA) is 102 Å². The molecule has 1 aromatic carbocycles. The Labute approximate surface area is 152 Å². The first kappa shape index (κ1) is 20.5. The summed E-state index contributed by atoms with van der Waals surface area (Å²) in [6.45, 7) is 0.283. The van der Waals surface area contributed by atoms with Crippen molar-refractivity contribution in [3.8, 4) is 0 Å². The molecule has 0 unspecified atom stereocenters. The molecule has 0 aromatic heterocycles. The lowest BCUT2D eigenvalue weighted by Crippen LogP contribution is -2.42. The molecule has 0 saturated carbocycles. The van der Waals surface area contributed by atoms with Crippen LogP contribution in [-0.2, 0) is 20.5 Å². The number of ether oxygens (including phenoxy) is 1. The number of rotatable bonds is 5. The first-order chi connectivity index (χ1) is 12.6. The molecule has 0 atom stereocenters. The number of carbonyl (C=O) groups excluding carboxylic acids is 2. The van der Waals surface area contributed by atoms with Gasteiger partial charge >= 0.3 is 12.1 Å². The van der Waals surface area contributed by atoms with Crippen LogP contribution in [0.3, 0.4) is 0 Å². The third-order valence-electron chi connectivity index (χ3n) is 4.34. The second kappa shape index (κ2) is 8.23. The molecule has 2 rings (SSSR count). The highest BCUT2D eigenvalue weighted by Gasteiger charge is 2.34. The lowest BCUT2D eigenvalue weighted by atomic mass is 9.95. The summed E-state index contributed by atoms with van der Waals surface area (Å²) in [5.41, 5.74) is -1.63. The molecule has 1 aliphatic rings. The van der Waals surface area contributed by atoms with Crippen LogP contribution in [0, 0.1) is 16.0 Å². The lowest BCUT2D eigenvalue weighted by Gasteiger charge is -2.32. The molecular weight excluding hydrogens is 371 g/mol. The van der Waals surface area contributed by atoms with Gasteiger partial charge in [-0.25, -0.2) is 0 Å². The molecule has 1 amide bonds. The molecule has 8 nitrogen and oxygen atoms in total. The average molecular weight is 389 g/mol. The van der Waals surface area contributed by atoms with Gasteiger partial charge in [0.2, 0.25) is 5.91 Å². The molecule has 148 valence electrons. The van der Waals surface area contributed by atoms with Crippen LogP contribution in [0.25, 0.3) is 0 Å². The smallest absolute Gasteiger partial charge is 0.416 e. The highest BCUT2D eigenvalue weighted by molar-refractivity contribution is 5.83. The summed E-state index contributed by atoms with van der Waals surface area (Å²) in [6, 6.07) is 2.40. The fraction of sp³-hybridized carbons (Fsp3) is 0.500. The summed E-state index contributed by atoms with van der Waals surface area (Å²) in [5, 5.41) is 13.6. The number of nitrogens with one attached hydrogen (secondary N) is 1. The summed E-state index contributed by atoms with van der Waals surface area (Å²) < 4.78 is 42.8. The van der Waals surface area contributed by atoms with Crippen molar-refractivity contribution in [3.05, 3.63) is 33.9 Å². The number of benzene rings is 1. The number of amides is 1. The van der Waals surface area contributed by atoms with Gasteiger partial charge in [0.05, 0.1) is 17.6 Å². The predicted octanol–water partition coefficient (Wildman–Crippen LogP) is 2.12.